The number of hydrogen-bond donors (Lipinski definition) is 1. The molecule has 9 nitrogen and oxygen atoms in total. The summed E-state index contributed by atoms with van der Waals surface area (Å²) in [5.74, 6) is -2.18. The predicted octanol–water partition coefficient (Wildman–Crippen LogP) is 1.46. The summed E-state index contributed by atoms with van der Waals surface area (Å²) in [6, 6.07) is 3.95. The molecule has 0 unspecified atom stereocenters. The third kappa shape index (κ3) is 5.87. The molecular weight excluding hydrogens is 332 g/mol. The fraction of sp³-hybridized carbons (Fsp3) is 0.438. The van der Waals surface area contributed by atoms with Gasteiger partial charge in [-0.2, -0.15) is 0 Å². The topological polar surface area (TPSA) is 125 Å². The highest BCUT2D eigenvalue weighted by atomic mass is 16.6. The lowest BCUT2D eigenvalue weighted by atomic mass is 9.99. The lowest BCUT2D eigenvalue weighted by Gasteiger charge is -2.21. The molecule has 0 aliphatic rings. The van der Waals surface area contributed by atoms with Gasteiger partial charge in [0.15, 0.2) is 6.61 Å². The number of benzene rings is 1. The molecule has 25 heavy (non-hydrogen) atoms. The molecule has 1 rings (SSSR count). The van der Waals surface area contributed by atoms with Crippen LogP contribution >= 0.6 is 0 Å². The minimum atomic E-state index is -0.833. The van der Waals surface area contributed by atoms with E-state index in [9.17, 15) is 24.5 Å². The van der Waals surface area contributed by atoms with E-state index < -0.39 is 35.4 Å². The number of carbonyl (C=O) groups is 3. The van der Waals surface area contributed by atoms with Crippen molar-refractivity contribution in [1.82, 2.24) is 5.32 Å². The number of amides is 1. The molecule has 0 radical (unpaired) electrons. The highest BCUT2D eigenvalue weighted by molar-refractivity contribution is 5.92. The number of rotatable bonds is 8. The van der Waals surface area contributed by atoms with Gasteiger partial charge in [0.25, 0.3) is 11.6 Å². The van der Waals surface area contributed by atoms with E-state index in [1.54, 1.807) is 6.92 Å². The van der Waals surface area contributed by atoms with E-state index in [2.05, 4.69) is 10.1 Å². The summed E-state index contributed by atoms with van der Waals surface area (Å²) in [5.41, 5.74) is -0.0892. The monoisotopic (exact) mass is 352 g/mol. The third-order valence-corrected chi connectivity index (χ3v) is 3.63. The van der Waals surface area contributed by atoms with Crippen LogP contribution in [0.4, 0.5) is 5.69 Å². The molecule has 0 heterocycles. The second-order valence-electron chi connectivity index (χ2n) is 5.33. The van der Waals surface area contributed by atoms with E-state index in [1.807, 2.05) is 6.92 Å². The van der Waals surface area contributed by atoms with Crippen molar-refractivity contribution in [3.8, 4) is 0 Å². The van der Waals surface area contributed by atoms with Gasteiger partial charge >= 0.3 is 11.9 Å². The Balaban J connectivity index is 2.60. The quantitative estimate of drug-likeness (QED) is 0.426. The SMILES string of the molecule is CC[C@H](C)[C@@H](NC(=O)COC(=O)c1ccc([N+](=O)[O-])cc1)C(=O)OC. The average Bonchev–Trinajstić information content (AvgIpc) is 2.62. The number of carbonyl (C=O) groups excluding carboxylic acids is 3. The Morgan fingerprint density at radius 1 is 1.24 bits per heavy atom. The number of nitro benzene ring substituents is 1. The minimum absolute atomic E-state index is 0.0739. The number of ether oxygens (including phenoxy) is 2. The summed E-state index contributed by atoms with van der Waals surface area (Å²) in [6.07, 6.45) is 0.641. The van der Waals surface area contributed by atoms with Crippen molar-refractivity contribution in [1.29, 1.82) is 0 Å². The molecule has 0 aromatic heterocycles. The highest BCUT2D eigenvalue weighted by Gasteiger charge is 2.27. The maximum Gasteiger partial charge on any atom is 0.338 e. The molecule has 0 fully saturated rings. The Labute approximate surface area is 144 Å². The van der Waals surface area contributed by atoms with E-state index in [1.165, 1.54) is 19.2 Å². The Kier molecular flexibility index (Phi) is 7.51. The van der Waals surface area contributed by atoms with Gasteiger partial charge in [-0.1, -0.05) is 20.3 Å². The molecule has 1 amide bonds. The third-order valence-electron chi connectivity index (χ3n) is 3.63. The number of hydrogen-bond acceptors (Lipinski definition) is 7. The first-order valence-electron chi connectivity index (χ1n) is 7.58. The maximum atomic E-state index is 11.9. The van der Waals surface area contributed by atoms with Gasteiger partial charge in [-0.15, -0.1) is 0 Å². The summed E-state index contributed by atoms with van der Waals surface area (Å²) < 4.78 is 9.49. The van der Waals surface area contributed by atoms with E-state index >= 15 is 0 Å². The molecule has 0 aliphatic heterocycles. The van der Waals surface area contributed by atoms with Gasteiger partial charge in [-0.25, -0.2) is 9.59 Å². The van der Waals surface area contributed by atoms with Crippen LogP contribution in [0.3, 0.4) is 0 Å². The molecule has 1 aromatic carbocycles. The first kappa shape index (κ1) is 20.1. The number of methoxy groups -OCH3 is 1. The molecule has 0 bridgehead atoms. The van der Waals surface area contributed by atoms with Gasteiger partial charge in [0, 0.05) is 12.1 Å². The molecular formula is C16H20N2O7. The number of nitrogens with zero attached hydrogens (tertiary/aromatic N) is 1. The summed E-state index contributed by atoms with van der Waals surface area (Å²) in [7, 11) is 1.22. The summed E-state index contributed by atoms with van der Waals surface area (Å²) in [4.78, 5) is 45.4. The Morgan fingerprint density at radius 3 is 2.32 bits per heavy atom. The zero-order valence-electron chi connectivity index (χ0n) is 14.2. The van der Waals surface area contributed by atoms with E-state index in [0.717, 1.165) is 12.1 Å². The van der Waals surface area contributed by atoms with Crippen LogP contribution in [0, 0.1) is 16.0 Å². The Morgan fingerprint density at radius 2 is 1.84 bits per heavy atom. The highest BCUT2D eigenvalue weighted by Crippen LogP contribution is 2.13. The second kappa shape index (κ2) is 9.36. The van der Waals surface area contributed by atoms with E-state index in [-0.39, 0.29) is 17.2 Å². The average molecular weight is 352 g/mol. The molecule has 0 spiro atoms. The number of esters is 2. The number of nitro groups is 1. The van der Waals surface area contributed by atoms with Crippen LogP contribution in [0.1, 0.15) is 30.6 Å². The summed E-state index contributed by atoms with van der Waals surface area (Å²) in [6.45, 7) is 3.06. The van der Waals surface area contributed by atoms with Crippen molar-refractivity contribution in [3.63, 3.8) is 0 Å². The predicted molar refractivity (Wildman–Crippen MR) is 86.8 cm³/mol. The van der Waals surface area contributed by atoms with Crippen molar-refractivity contribution >= 4 is 23.5 Å². The Hall–Kier alpha value is -2.97. The van der Waals surface area contributed by atoms with Crippen LogP contribution in [-0.2, 0) is 19.1 Å². The molecule has 0 aliphatic carbocycles. The second-order valence-corrected chi connectivity index (χ2v) is 5.33. The van der Waals surface area contributed by atoms with E-state index in [4.69, 9.17) is 4.74 Å². The largest absolute Gasteiger partial charge is 0.467 e. The van der Waals surface area contributed by atoms with Crippen molar-refractivity contribution in [2.75, 3.05) is 13.7 Å². The van der Waals surface area contributed by atoms with Crippen molar-refractivity contribution in [3.05, 3.63) is 39.9 Å². The van der Waals surface area contributed by atoms with Crippen LogP contribution in [-0.4, -0.2) is 42.5 Å². The summed E-state index contributed by atoms with van der Waals surface area (Å²) in [5, 5.41) is 13.0. The van der Waals surface area contributed by atoms with Gasteiger partial charge in [-0.3, -0.25) is 14.9 Å². The number of non-ortho nitro benzene ring substituents is 1. The molecule has 0 saturated heterocycles. The molecule has 9 heteroatoms. The van der Waals surface area contributed by atoms with Crippen LogP contribution in [0.25, 0.3) is 0 Å². The van der Waals surface area contributed by atoms with Gasteiger partial charge < -0.3 is 14.8 Å². The smallest absolute Gasteiger partial charge is 0.338 e. The van der Waals surface area contributed by atoms with Crippen molar-refractivity contribution in [2.45, 2.75) is 26.3 Å². The van der Waals surface area contributed by atoms with Gasteiger partial charge in [0.2, 0.25) is 0 Å². The standard InChI is InChI=1S/C16H20N2O7/c1-4-10(2)14(16(21)24-3)17-13(19)9-25-15(20)11-5-7-12(8-6-11)18(22)23/h5-8,10,14H,4,9H2,1-3H3,(H,17,19)/t10-,14+/m0/s1. The minimum Gasteiger partial charge on any atom is -0.467 e. The van der Waals surface area contributed by atoms with Crippen LogP contribution in [0.15, 0.2) is 24.3 Å². The molecule has 1 aromatic rings. The molecule has 2 atom stereocenters. The lowest BCUT2D eigenvalue weighted by molar-refractivity contribution is -0.384. The van der Waals surface area contributed by atoms with Gasteiger partial charge in [0.1, 0.15) is 6.04 Å². The van der Waals surface area contributed by atoms with Gasteiger partial charge in [0.05, 0.1) is 17.6 Å². The fourth-order valence-corrected chi connectivity index (χ4v) is 1.94. The van der Waals surface area contributed by atoms with Crippen molar-refractivity contribution < 1.29 is 28.8 Å². The fourth-order valence-electron chi connectivity index (χ4n) is 1.94. The van der Waals surface area contributed by atoms with Crippen LogP contribution < -0.4 is 5.32 Å². The normalized spacial score (nSPS) is 12.6. The van der Waals surface area contributed by atoms with Crippen molar-refractivity contribution in [2.24, 2.45) is 5.92 Å². The van der Waals surface area contributed by atoms with Gasteiger partial charge in [-0.05, 0) is 18.1 Å². The number of nitrogens with one attached hydrogen (secondary N) is 1. The maximum absolute atomic E-state index is 11.9. The first-order valence-corrected chi connectivity index (χ1v) is 7.58. The lowest BCUT2D eigenvalue weighted by Crippen LogP contribution is -2.47. The Bertz CT molecular complexity index is 642. The molecule has 136 valence electrons. The first-order chi connectivity index (χ1) is 11.8. The summed E-state index contributed by atoms with van der Waals surface area (Å²) >= 11 is 0. The van der Waals surface area contributed by atoms with Crippen LogP contribution in [0.2, 0.25) is 0 Å². The van der Waals surface area contributed by atoms with E-state index in [0.29, 0.717) is 6.42 Å². The van der Waals surface area contributed by atoms with Crippen LogP contribution in [0.5, 0.6) is 0 Å². The molecule has 1 N–H and O–H groups in total. The molecule has 0 saturated carbocycles. The zero-order valence-corrected chi connectivity index (χ0v) is 14.2. The zero-order chi connectivity index (χ0) is 19.0.